The van der Waals surface area contributed by atoms with Crippen LogP contribution >= 0.6 is 0 Å². The van der Waals surface area contributed by atoms with Crippen molar-refractivity contribution in [3.05, 3.63) is 66.1 Å². The molecule has 1 N–H and O–H groups in total. The standard InChI is InChI=1S/C17H15FN4O/c1-11(9-13-10-19-7-8-20-13)21-17(23)15-6-5-12-3-2-4-14(18)16(12)22-15/h2-8,10-11H,9H2,1H3,(H,21,23). The number of benzene rings is 1. The molecule has 1 aromatic carbocycles. The van der Waals surface area contributed by atoms with Crippen LogP contribution in [0.5, 0.6) is 0 Å². The maximum Gasteiger partial charge on any atom is 0.270 e. The fourth-order valence-electron chi connectivity index (χ4n) is 2.34. The van der Waals surface area contributed by atoms with E-state index in [9.17, 15) is 9.18 Å². The van der Waals surface area contributed by atoms with Gasteiger partial charge in [0.1, 0.15) is 17.0 Å². The van der Waals surface area contributed by atoms with E-state index in [1.807, 2.05) is 6.92 Å². The summed E-state index contributed by atoms with van der Waals surface area (Å²) in [6.07, 6.45) is 5.42. The third kappa shape index (κ3) is 3.48. The molecule has 0 bridgehead atoms. The van der Waals surface area contributed by atoms with Gasteiger partial charge in [-0.15, -0.1) is 0 Å². The zero-order chi connectivity index (χ0) is 16.2. The van der Waals surface area contributed by atoms with E-state index in [2.05, 4.69) is 20.3 Å². The summed E-state index contributed by atoms with van der Waals surface area (Å²) in [4.78, 5) is 24.5. The second-order valence-corrected chi connectivity index (χ2v) is 5.28. The Balaban J connectivity index is 1.74. The molecular formula is C17H15FN4O. The van der Waals surface area contributed by atoms with Crippen LogP contribution in [0.3, 0.4) is 0 Å². The number of amides is 1. The van der Waals surface area contributed by atoms with E-state index < -0.39 is 5.82 Å². The van der Waals surface area contributed by atoms with Crippen molar-refractivity contribution in [2.45, 2.75) is 19.4 Å². The number of fused-ring (bicyclic) bond motifs is 1. The monoisotopic (exact) mass is 310 g/mol. The minimum atomic E-state index is -0.440. The van der Waals surface area contributed by atoms with Gasteiger partial charge in [-0.05, 0) is 19.1 Å². The van der Waals surface area contributed by atoms with Gasteiger partial charge in [-0.1, -0.05) is 18.2 Å². The molecule has 2 heterocycles. The van der Waals surface area contributed by atoms with Gasteiger partial charge in [-0.3, -0.25) is 14.8 Å². The lowest BCUT2D eigenvalue weighted by atomic mass is 10.1. The Morgan fingerprint density at radius 3 is 2.91 bits per heavy atom. The Labute approximate surface area is 132 Å². The molecule has 1 unspecified atom stereocenters. The highest BCUT2D eigenvalue weighted by Crippen LogP contribution is 2.16. The van der Waals surface area contributed by atoms with Crippen LogP contribution in [0.2, 0.25) is 0 Å². The van der Waals surface area contributed by atoms with Crippen molar-refractivity contribution < 1.29 is 9.18 Å². The van der Waals surface area contributed by atoms with Crippen LogP contribution in [0.25, 0.3) is 10.9 Å². The predicted octanol–water partition coefficient (Wildman–Crippen LogP) is 2.52. The molecule has 5 nitrogen and oxygen atoms in total. The van der Waals surface area contributed by atoms with Crippen molar-refractivity contribution in [1.29, 1.82) is 0 Å². The fraction of sp³-hybridized carbons (Fsp3) is 0.176. The Hall–Kier alpha value is -2.89. The van der Waals surface area contributed by atoms with Crippen molar-refractivity contribution in [3.63, 3.8) is 0 Å². The Morgan fingerprint density at radius 2 is 2.13 bits per heavy atom. The van der Waals surface area contributed by atoms with Crippen LogP contribution in [0.4, 0.5) is 4.39 Å². The van der Waals surface area contributed by atoms with E-state index in [0.717, 1.165) is 5.69 Å². The SMILES string of the molecule is CC(Cc1cnccn1)NC(=O)c1ccc2cccc(F)c2n1. The minimum Gasteiger partial charge on any atom is -0.348 e. The molecule has 2 aromatic heterocycles. The molecule has 0 fully saturated rings. The molecule has 116 valence electrons. The van der Waals surface area contributed by atoms with Crippen molar-refractivity contribution in [3.8, 4) is 0 Å². The predicted molar refractivity (Wildman–Crippen MR) is 84.4 cm³/mol. The van der Waals surface area contributed by atoms with Gasteiger partial charge >= 0.3 is 0 Å². The molecule has 3 aromatic rings. The van der Waals surface area contributed by atoms with E-state index >= 15 is 0 Å². The first-order chi connectivity index (χ1) is 11.1. The first-order valence-corrected chi connectivity index (χ1v) is 7.24. The first-order valence-electron chi connectivity index (χ1n) is 7.24. The van der Waals surface area contributed by atoms with E-state index in [1.54, 1.807) is 42.9 Å². The quantitative estimate of drug-likeness (QED) is 0.804. The topological polar surface area (TPSA) is 67.8 Å². The average Bonchev–Trinajstić information content (AvgIpc) is 2.55. The molecule has 6 heteroatoms. The molecule has 3 rings (SSSR count). The lowest BCUT2D eigenvalue weighted by Gasteiger charge is -2.13. The van der Waals surface area contributed by atoms with Crippen molar-refractivity contribution in [2.24, 2.45) is 0 Å². The van der Waals surface area contributed by atoms with Gasteiger partial charge in [0.15, 0.2) is 0 Å². The van der Waals surface area contributed by atoms with Gasteiger partial charge in [-0.2, -0.15) is 0 Å². The number of halogens is 1. The molecule has 0 spiro atoms. The van der Waals surface area contributed by atoms with Gasteiger partial charge in [0.2, 0.25) is 0 Å². The van der Waals surface area contributed by atoms with Gasteiger partial charge in [0, 0.05) is 36.4 Å². The maximum atomic E-state index is 13.8. The third-order valence-corrected chi connectivity index (χ3v) is 3.41. The molecule has 23 heavy (non-hydrogen) atoms. The highest BCUT2D eigenvalue weighted by molar-refractivity contribution is 5.95. The molecular weight excluding hydrogens is 295 g/mol. The highest BCUT2D eigenvalue weighted by atomic mass is 19.1. The summed E-state index contributed by atoms with van der Waals surface area (Å²) in [5.74, 6) is -0.781. The maximum absolute atomic E-state index is 13.8. The summed E-state index contributed by atoms with van der Waals surface area (Å²) in [7, 11) is 0. The number of nitrogens with one attached hydrogen (secondary N) is 1. The van der Waals surface area contributed by atoms with E-state index in [1.165, 1.54) is 6.07 Å². The van der Waals surface area contributed by atoms with Gasteiger partial charge < -0.3 is 5.32 Å². The van der Waals surface area contributed by atoms with Crippen LogP contribution in [-0.2, 0) is 6.42 Å². The summed E-state index contributed by atoms with van der Waals surface area (Å²) in [6, 6.07) is 7.83. The number of carbonyl (C=O) groups excluding carboxylic acids is 1. The second-order valence-electron chi connectivity index (χ2n) is 5.28. The Kier molecular flexibility index (Phi) is 4.23. The number of nitrogens with zero attached hydrogens (tertiary/aromatic N) is 3. The highest BCUT2D eigenvalue weighted by Gasteiger charge is 2.13. The normalized spacial score (nSPS) is 12.1. The summed E-state index contributed by atoms with van der Waals surface area (Å²) >= 11 is 0. The number of rotatable bonds is 4. The lowest BCUT2D eigenvalue weighted by molar-refractivity contribution is 0.0935. The summed E-state index contributed by atoms with van der Waals surface area (Å²) in [6.45, 7) is 1.87. The summed E-state index contributed by atoms with van der Waals surface area (Å²) < 4.78 is 13.8. The van der Waals surface area contributed by atoms with Gasteiger partial charge in [0.05, 0.1) is 5.69 Å². The van der Waals surface area contributed by atoms with Gasteiger partial charge in [0.25, 0.3) is 5.91 Å². The molecule has 1 atom stereocenters. The van der Waals surface area contributed by atoms with Crippen LogP contribution in [0.1, 0.15) is 23.1 Å². The first kappa shape index (κ1) is 15.0. The molecule has 0 saturated heterocycles. The molecule has 0 aliphatic heterocycles. The summed E-state index contributed by atoms with van der Waals surface area (Å²) in [5, 5.41) is 3.50. The molecule has 0 saturated carbocycles. The molecule has 0 radical (unpaired) electrons. The Morgan fingerprint density at radius 1 is 1.26 bits per heavy atom. The number of aromatic nitrogens is 3. The number of para-hydroxylation sites is 1. The summed E-state index contributed by atoms with van der Waals surface area (Å²) in [5.41, 5.74) is 1.17. The number of hydrogen-bond donors (Lipinski definition) is 1. The van der Waals surface area contributed by atoms with Gasteiger partial charge in [-0.25, -0.2) is 9.37 Å². The van der Waals surface area contributed by atoms with Crippen molar-refractivity contribution in [2.75, 3.05) is 0 Å². The fourth-order valence-corrected chi connectivity index (χ4v) is 2.34. The van der Waals surface area contributed by atoms with Crippen LogP contribution in [0.15, 0.2) is 48.9 Å². The third-order valence-electron chi connectivity index (χ3n) is 3.41. The van der Waals surface area contributed by atoms with Crippen LogP contribution in [0, 0.1) is 5.82 Å². The minimum absolute atomic E-state index is 0.141. The van der Waals surface area contributed by atoms with Crippen molar-refractivity contribution in [1.82, 2.24) is 20.3 Å². The van der Waals surface area contributed by atoms with E-state index in [0.29, 0.717) is 11.8 Å². The van der Waals surface area contributed by atoms with Crippen LogP contribution < -0.4 is 5.32 Å². The number of hydrogen-bond acceptors (Lipinski definition) is 4. The van der Waals surface area contributed by atoms with Crippen molar-refractivity contribution >= 4 is 16.8 Å². The largest absolute Gasteiger partial charge is 0.348 e. The smallest absolute Gasteiger partial charge is 0.270 e. The molecule has 0 aliphatic rings. The second kappa shape index (κ2) is 6.48. The number of carbonyl (C=O) groups is 1. The molecule has 0 aliphatic carbocycles. The average molecular weight is 310 g/mol. The zero-order valence-electron chi connectivity index (χ0n) is 12.5. The van der Waals surface area contributed by atoms with E-state index in [4.69, 9.17) is 0 Å². The molecule has 1 amide bonds. The van der Waals surface area contributed by atoms with E-state index in [-0.39, 0.29) is 23.2 Å². The zero-order valence-corrected chi connectivity index (χ0v) is 12.5. The lowest BCUT2D eigenvalue weighted by Crippen LogP contribution is -2.34. The van der Waals surface area contributed by atoms with Crippen LogP contribution in [-0.4, -0.2) is 26.9 Å². The Bertz CT molecular complexity index is 838. The number of pyridine rings is 1.